The Labute approximate surface area is 123 Å². The number of carbonyl (C=O) groups is 1. The molecule has 2 aromatic carbocycles. The highest BCUT2D eigenvalue weighted by Crippen LogP contribution is 2.32. The Morgan fingerprint density at radius 1 is 1.16 bits per heavy atom. The molecule has 1 aromatic heterocycles. The molecule has 0 bridgehead atoms. The van der Waals surface area contributed by atoms with Gasteiger partial charge in [0.2, 0.25) is 0 Å². The Hall–Kier alpha value is -1.42. The van der Waals surface area contributed by atoms with Crippen molar-refractivity contribution >= 4 is 50.0 Å². The van der Waals surface area contributed by atoms with Gasteiger partial charge in [-0.15, -0.1) is 11.3 Å². The van der Waals surface area contributed by atoms with Crippen LogP contribution in [0.4, 0.5) is 0 Å². The first-order chi connectivity index (χ1) is 9.13. The summed E-state index contributed by atoms with van der Waals surface area (Å²) in [6, 6.07) is 12.8. The van der Waals surface area contributed by atoms with Crippen molar-refractivity contribution in [2.75, 3.05) is 0 Å². The summed E-state index contributed by atoms with van der Waals surface area (Å²) in [5.74, 6) is 0. The van der Waals surface area contributed by atoms with Gasteiger partial charge in [0.25, 0.3) is 5.24 Å². The summed E-state index contributed by atoms with van der Waals surface area (Å²) < 4.78 is 0.932. The zero-order chi connectivity index (χ0) is 13.4. The summed E-state index contributed by atoms with van der Waals surface area (Å²) >= 11 is 13.0. The molecule has 0 aliphatic heterocycles. The lowest BCUT2D eigenvalue weighted by Crippen LogP contribution is -1.86. The smallest absolute Gasteiger partial charge is 0.252 e. The zero-order valence-corrected chi connectivity index (χ0v) is 11.9. The minimum atomic E-state index is -0.459. The number of halogens is 2. The second-order valence-electron chi connectivity index (χ2n) is 3.99. The van der Waals surface area contributed by atoms with Crippen LogP contribution in [0.15, 0.2) is 42.5 Å². The van der Waals surface area contributed by atoms with Crippen LogP contribution in [0.1, 0.15) is 10.4 Å². The van der Waals surface area contributed by atoms with Crippen LogP contribution >= 0.6 is 34.5 Å². The molecule has 0 amide bonds. The van der Waals surface area contributed by atoms with Gasteiger partial charge in [0.05, 0.1) is 10.2 Å². The molecule has 0 N–H and O–H groups in total. The SMILES string of the molecule is O=C(Cl)c1ccc2nc(-c3cccc(Cl)c3)sc2c1. The minimum Gasteiger partial charge on any atom is -0.276 e. The Bertz CT molecular complexity index is 782. The van der Waals surface area contributed by atoms with Crippen LogP contribution in [-0.2, 0) is 0 Å². The van der Waals surface area contributed by atoms with Gasteiger partial charge in [0, 0.05) is 16.1 Å². The average Bonchev–Trinajstić information content (AvgIpc) is 2.81. The van der Waals surface area contributed by atoms with E-state index < -0.39 is 5.24 Å². The number of fused-ring (bicyclic) bond motifs is 1. The summed E-state index contributed by atoms with van der Waals surface area (Å²) in [5, 5.41) is 1.09. The van der Waals surface area contributed by atoms with Crippen molar-refractivity contribution in [3.05, 3.63) is 53.1 Å². The predicted octanol–water partition coefficient (Wildman–Crippen LogP) is 5.00. The molecule has 5 heteroatoms. The zero-order valence-electron chi connectivity index (χ0n) is 9.56. The van der Waals surface area contributed by atoms with Crippen LogP contribution in [0.25, 0.3) is 20.8 Å². The molecular weight excluding hydrogens is 301 g/mol. The molecule has 0 aliphatic rings. The van der Waals surface area contributed by atoms with Gasteiger partial charge in [-0.25, -0.2) is 4.98 Å². The van der Waals surface area contributed by atoms with Crippen molar-refractivity contribution in [1.29, 1.82) is 0 Å². The molecule has 0 fully saturated rings. The third-order valence-corrected chi connectivity index (χ3v) is 4.21. The average molecular weight is 308 g/mol. The third-order valence-electron chi connectivity index (χ3n) is 2.69. The summed E-state index contributed by atoms with van der Waals surface area (Å²) in [5.41, 5.74) is 2.30. The van der Waals surface area contributed by atoms with Crippen molar-refractivity contribution in [1.82, 2.24) is 4.98 Å². The second kappa shape index (κ2) is 4.93. The lowest BCUT2D eigenvalue weighted by molar-refractivity contribution is 0.108. The van der Waals surface area contributed by atoms with Crippen LogP contribution in [0, 0.1) is 0 Å². The first-order valence-electron chi connectivity index (χ1n) is 5.50. The molecule has 3 rings (SSSR count). The number of aromatic nitrogens is 1. The van der Waals surface area contributed by atoms with Gasteiger partial charge >= 0.3 is 0 Å². The number of nitrogens with zero attached hydrogens (tertiary/aromatic N) is 1. The van der Waals surface area contributed by atoms with Gasteiger partial charge < -0.3 is 0 Å². The summed E-state index contributed by atoms with van der Waals surface area (Å²) in [4.78, 5) is 15.7. The Balaban J connectivity index is 2.14. The molecule has 2 nitrogen and oxygen atoms in total. The molecule has 1 heterocycles. The quantitative estimate of drug-likeness (QED) is 0.624. The van der Waals surface area contributed by atoms with Gasteiger partial charge in [-0.1, -0.05) is 23.7 Å². The van der Waals surface area contributed by atoms with E-state index >= 15 is 0 Å². The van der Waals surface area contributed by atoms with E-state index in [-0.39, 0.29) is 0 Å². The topological polar surface area (TPSA) is 30.0 Å². The molecule has 94 valence electrons. The van der Waals surface area contributed by atoms with Crippen molar-refractivity contribution in [3.8, 4) is 10.6 Å². The van der Waals surface area contributed by atoms with Gasteiger partial charge in [-0.3, -0.25) is 4.79 Å². The van der Waals surface area contributed by atoms with E-state index in [0.29, 0.717) is 10.6 Å². The molecule has 0 unspecified atom stereocenters. The maximum Gasteiger partial charge on any atom is 0.252 e. The molecule has 0 spiro atoms. The monoisotopic (exact) mass is 307 g/mol. The van der Waals surface area contributed by atoms with Crippen molar-refractivity contribution in [2.24, 2.45) is 0 Å². The molecule has 19 heavy (non-hydrogen) atoms. The molecule has 3 aromatic rings. The van der Waals surface area contributed by atoms with Gasteiger partial charge in [-0.05, 0) is 41.9 Å². The van der Waals surface area contributed by atoms with Crippen LogP contribution in [-0.4, -0.2) is 10.2 Å². The minimum absolute atomic E-state index is 0.459. The van der Waals surface area contributed by atoms with Crippen LogP contribution < -0.4 is 0 Å². The van der Waals surface area contributed by atoms with E-state index in [1.165, 1.54) is 11.3 Å². The maximum absolute atomic E-state index is 11.1. The summed E-state index contributed by atoms with van der Waals surface area (Å²) in [7, 11) is 0. The predicted molar refractivity (Wildman–Crippen MR) is 80.2 cm³/mol. The number of rotatable bonds is 2. The van der Waals surface area contributed by atoms with Crippen LogP contribution in [0.2, 0.25) is 5.02 Å². The highest BCUT2D eigenvalue weighted by Gasteiger charge is 2.09. The van der Waals surface area contributed by atoms with Crippen molar-refractivity contribution < 1.29 is 4.79 Å². The van der Waals surface area contributed by atoms with Crippen molar-refractivity contribution in [3.63, 3.8) is 0 Å². The van der Waals surface area contributed by atoms with Gasteiger partial charge in [-0.2, -0.15) is 0 Å². The van der Waals surface area contributed by atoms with E-state index in [2.05, 4.69) is 4.98 Å². The first kappa shape index (κ1) is 12.6. The number of carbonyl (C=O) groups excluding carboxylic acids is 1. The van der Waals surface area contributed by atoms with Crippen LogP contribution in [0.3, 0.4) is 0 Å². The molecule has 0 saturated carbocycles. The standard InChI is InChI=1S/C14H7Cl2NOS/c15-10-3-1-2-9(6-10)14-17-11-5-4-8(13(16)18)7-12(11)19-14/h1-7H. The highest BCUT2D eigenvalue weighted by molar-refractivity contribution is 7.21. The number of thiazole rings is 1. The van der Waals surface area contributed by atoms with E-state index in [0.717, 1.165) is 20.8 Å². The normalized spacial score (nSPS) is 10.8. The van der Waals surface area contributed by atoms with E-state index in [9.17, 15) is 4.79 Å². The molecular formula is C14H7Cl2NOS. The molecule has 0 radical (unpaired) electrons. The van der Waals surface area contributed by atoms with Gasteiger partial charge in [0.1, 0.15) is 5.01 Å². The molecule has 0 saturated heterocycles. The fourth-order valence-electron chi connectivity index (χ4n) is 1.79. The summed E-state index contributed by atoms with van der Waals surface area (Å²) in [6.45, 7) is 0. The Morgan fingerprint density at radius 3 is 2.74 bits per heavy atom. The van der Waals surface area contributed by atoms with Gasteiger partial charge in [0.15, 0.2) is 0 Å². The largest absolute Gasteiger partial charge is 0.276 e. The highest BCUT2D eigenvalue weighted by atomic mass is 35.5. The maximum atomic E-state index is 11.1. The first-order valence-corrected chi connectivity index (χ1v) is 7.07. The number of hydrogen-bond donors (Lipinski definition) is 0. The number of benzene rings is 2. The Morgan fingerprint density at radius 2 is 2.00 bits per heavy atom. The van der Waals surface area contributed by atoms with Crippen molar-refractivity contribution in [2.45, 2.75) is 0 Å². The number of hydrogen-bond acceptors (Lipinski definition) is 3. The van der Waals surface area contributed by atoms with Crippen LogP contribution in [0.5, 0.6) is 0 Å². The molecule has 0 aliphatic carbocycles. The van der Waals surface area contributed by atoms with E-state index in [4.69, 9.17) is 23.2 Å². The fourth-order valence-corrected chi connectivity index (χ4v) is 3.10. The van der Waals surface area contributed by atoms with E-state index in [1.54, 1.807) is 18.2 Å². The van der Waals surface area contributed by atoms with E-state index in [1.807, 2.05) is 24.3 Å². The second-order valence-corrected chi connectivity index (χ2v) is 5.80. The lowest BCUT2D eigenvalue weighted by Gasteiger charge is -1.95. The summed E-state index contributed by atoms with van der Waals surface area (Å²) in [6.07, 6.45) is 0. The molecule has 0 atom stereocenters. The Kier molecular flexibility index (Phi) is 3.27. The fraction of sp³-hybridized carbons (Fsp3) is 0. The third kappa shape index (κ3) is 2.50. The lowest BCUT2D eigenvalue weighted by atomic mass is 10.2.